The van der Waals surface area contributed by atoms with Crippen molar-refractivity contribution in [3.63, 3.8) is 0 Å². The van der Waals surface area contributed by atoms with Crippen LogP contribution in [0.5, 0.6) is 5.75 Å². The first-order chi connectivity index (χ1) is 15.9. The van der Waals surface area contributed by atoms with Crippen LogP contribution in [0.25, 0.3) is 0 Å². The van der Waals surface area contributed by atoms with Crippen LogP contribution in [0, 0.1) is 0 Å². The van der Waals surface area contributed by atoms with Crippen LogP contribution < -0.4 is 10.5 Å². The van der Waals surface area contributed by atoms with E-state index < -0.39 is 85.0 Å². The Morgan fingerprint density at radius 2 is 1.41 bits per heavy atom. The van der Waals surface area contributed by atoms with Crippen molar-refractivity contribution in [2.75, 3.05) is 18.9 Å². The van der Waals surface area contributed by atoms with Crippen molar-refractivity contribution in [3.05, 3.63) is 24.3 Å². The number of aliphatic hydroxyl groups is 6. The molecule has 0 aromatic heterocycles. The second kappa shape index (κ2) is 10.9. The summed E-state index contributed by atoms with van der Waals surface area (Å²) in [5.74, 6) is 0.234. The molecule has 0 radical (unpaired) electrons. The van der Waals surface area contributed by atoms with Crippen molar-refractivity contribution < 1.29 is 66.7 Å². The van der Waals surface area contributed by atoms with Gasteiger partial charge in [0.2, 0.25) is 6.29 Å². The summed E-state index contributed by atoms with van der Waals surface area (Å²) in [6.07, 6.45) is -17.2. The molecule has 15 nitrogen and oxygen atoms in total. The van der Waals surface area contributed by atoms with Crippen molar-refractivity contribution in [1.82, 2.24) is 0 Å². The van der Waals surface area contributed by atoms with Gasteiger partial charge in [0.05, 0.1) is 13.2 Å². The molecule has 0 unspecified atom stereocenters. The summed E-state index contributed by atoms with van der Waals surface area (Å²) in [5, 5.41) is 60.7. The van der Waals surface area contributed by atoms with Gasteiger partial charge >= 0.3 is 10.4 Å². The maximum Gasteiger partial charge on any atom is 0.397 e. The number of benzene rings is 1. The van der Waals surface area contributed by atoms with E-state index in [1.807, 2.05) is 0 Å². The molecule has 2 aliphatic heterocycles. The van der Waals surface area contributed by atoms with E-state index in [2.05, 4.69) is 4.18 Å². The molecule has 9 N–H and O–H groups in total. The number of hydrogen-bond donors (Lipinski definition) is 8. The highest BCUT2D eigenvalue weighted by Crippen LogP contribution is 2.31. The average Bonchev–Trinajstić information content (AvgIpc) is 2.78. The zero-order chi connectivity index (χ0) is 25.2. The van der Waals surface area contributed by atoms with E-state index in [4.69, 9.17) is 29.2 Å². The van der Waals surface area contributed by atoms with Gasteiger partial charge in [-0.3, -0.25) is 4.55 Å². The quantitative estimate of drug-likeness (QED) is 0.122. The molecule has 194 valence electrons. The molecule has 0 aliphatic carbocycles. The van der Waals surface area contributed by atoms with E-state index in [9.17, 15) is 39.1 Å². The third kappa shape index (κ3) is 6.11. The molecule has 0 saturated carbocycles. The Morgan fingerprint density at radius 3 is 1.97 bits per heavy atom. The molecule has 2 fully saturated rings. The van der Waals surface area contributed by atoms with E-state index in [0.717, 1.165) is 0 Å². The van der Waals surface area contributed by atoms with Gasteiger partial charge in [-0.2, -0.15) is 8.42 Å². The van der Waals surface area contributed by atoms with Crippen LogP contribution in [0.1, 0.15) is 0 Å². The van der Waals surface area contributed by atoms with Gasteiger partial charge in [-0.25, -0.2) is 4.18 Å². The second-order valence-corrected chi connectivity index (χ2v) is 8.74. The summed E-state index contributed by atoms with van der Waals surface area (Å²) in [6.45, 7) is -1.62. The minimum Gasteiger partial charge on any atom is -0.462 e. The first kappa shape index (κ1) is 26.9. The molecule has 2 saturated heterocycles. The monoisotopic (exact) mass is 513 g/mol. The van der Waals surface area contributed by atoms with Gasteiger partial charge < -0.3 is 55.3 Å². The second-order valence-electron chi connectivity index (χ2n) is 7.69. The zero-order valence-corrected chi connectivity index (χ0v) is 18.3. The highest BCUT2D eigenvalue weighted by molar-refractivity contribution is 7.80. The maximum absolute atomic E-state index is 11.1. The van der Waals surface area contributed by atoms with E-state index in [1.54, 1.807) is 0 Å². The van der Waals surface area contributed by atoms with Crippen molar-refractivity contribution in [3.8, 4) is 5.75 Å². The molecule has 0 amide bonds. The minimum absolute atomic E-state index is 0.234. The largest absolute Gasteiger partial charge is 0.462 e. The fourth-order valence-corrected chi connectivity index (χ4v) is 4.08. The van der Waals surface area contributed by atoms with Crippen LogP contribution in [0.4, 0.5) is 5.69 Å². The van der Waals surface area contributed by atoms with Gasteiger partial charge in [0.25, 0.3) is 0 Å². The van der Waals surface area contributed by atoms with Gasteiger partial charge in [0, 0.05) is 5.69 Å². The number of nitrogen functional groups attached to an aromatic ring is 1. The predicted octanol–water partition coefficient (Wildman–Crippen LogP) is -3.90. The standard InChI is InChI=1S/C18H27NO14S/c19-7-1-3-8(4-2-7)29-17-13(24)12(23)15(10(6-21)31-17)32-18-14(25)16(33-34(26,27)28)11(22)9(5-20)30-18/h1-4,9-18,20-25H,5-6,19H2,(H,26,27,28)/t9-,10-,11+,12-,13-,14-,15-,16+,17-,18+/m1/s1. The molecule has 16 heteroatoms. The Labute approximate surface area is 193 Å². The Balaban J connectivity index is 1.76. The lowest BCUT2D eigenvalue weighted by Gasteiger charge is -2.46. The van der Waals surface area contributed by atoms with E-state index in [0.29, 0.717) is 5.69 Å². The van der Waals surface area contributed by atoms with E-state index in [-0.39, 0.29) is 5.75 Å². The van der Waals surface area contributed by atoms with Crippen molar-refractivity contribution in [2.45, 2.75) is 61.4 Å². The summed E-state index contributed by atoms with van der Waals surface area (Å²) in [5.41, 5.74) is 6.05. The molecule has 10 atom stereocenters. The first-order valence-electron chi connectivity index (χ1n) is 10.0. The van der Waals surface area contributed by atoms with Crippen molar-refractivity contribution in [1.29, 1.82) is 0 Å². The Kier molecular flexibility index (Phi) is 8.66. The normalized spacial score (nSPS) is 39.0. The molecule has 2 heterocycles. The molecular weight excluding hydrogens is 486 g/mol. The lowest BCUT2D eigenvalue weighted by Crippen LogP contribution is -2.65. The van der Waals surface area contributed by atoms with Gasteiger partial charge in [-0.05, 0) is 24.3 Å². The highest BCUT2D eigenvalue weighted by atomic mass is 32.3. The summed E-state index contributed by atoms with van der Waals surface area (Å²) in [6, 6.07) is 6.01. The summed E-state index contributed by atoms with van der Waals surface area (Å²) >= 11 is 0. The molecule has 34 heavy (non-hydrogen) atoms. The van der Waals surface area contributed by atoms with Crippen molar-refractivity contribution >= 4 is 16.1 Å². The van der Waals surface area contributed by atoms with Crippen LogP contribution in [-0.2, 0) is 28.8 Å². The molecule has 1 aromatic rings. The number of ether oxygens (including phenoxy) is 4. The first-order valence-corrected chi connectivity index (χ1v) is 11.4. The van der Waals surface area contributed by atoms with Gasteiger partial charge in [0.1, 0.15) is 54.6 Å². The number of rotatable bonds is 8. The molecule has 0 bridgehead atoms. The molecule has 2 aliphatic rings. The Morgan fingerprint density at radius 1 is 0.824 bits per heavy atom. The number of aliphatic hydroxyl groups excluding tert-OH is 6. The lowest BCUT2D eigenvalue weighted by molar-refractivity contribution is -0.350. The Bertz CT molecular complexity index is 898. The van der Waals surface area contributed by atoms with Crippen LogP contribution in [0.3, 0.4) is 0 Å². The van der Waals surface area contributed by atoms with Crippen LogP contribution >= 0.6 is 0 Å². The van der Waals surface area contributed by atoms with Gasteiger partial charge in [-0.15, -0.1) is 0 Å². The average molecular weight is 513 g/mol. The zero-order valence-electron chi connectivity index (χ0n) is 17.5. The van der Waals surface area contributed by atoms with Gasteiger partial charge in [-0.1, -0.05) is 0 Å². The minimum atomic E-state index is -5.14. The smallest absolute Gasteiger partial charge is 0.397 e. The SMILES string of the molecule is Nc1ccc(O[C@@H]2O[C@H](CO)[C@@H](O[C@@H]3O[C@H](CO)[C@H](O)[C@H](OS(=O)(=O)O)[C@H]3O)[C@H](O)[C@H]2O)cc1. The molecule has 0 spiro atoms. The van der Waals surface area contributed by atoms with Crippen LogP contribution in [-0.4, -0.2) is 118 Å². The summed E-state index contributed by atoms with van der Waals surface area (Å²) < 4.78 is 57.1. The van der Waals surface area contributed by atoms with Crippen LogP contribution in [0.15, 0.2) is 24.3 Å². The summed E-state index contributed by atoms with van der Waals surface area (Å²) in [4.78, 5) is 0. The van der Waals surface area contributed by atoms with E-state index >= 15 is 0 Å². The van der Waals surface area contributed by atoms with Gasteiger partial charge in [0.15, 0.2) is 6.29 Å². The topological polar surface area (TPSA) is 248 Å². The van der Waals surface area contributed by atoms with Crippen molar-refractivity contribution in [2.24, 2.45) is 0 Å². The highest BCUT2D eigenvalue weighted by Gasteiger charge is 2.52. The molecule has 3 rings (SSSR count). The Hall–Kier alpha value is -1.67. The fourth-order valence-electron chi connectivity index (χ4n) is 3.57. The summed E-state index contributed by atoms with van der Waals surface area (Å²) in [7, 11) is -5.14. The lowest BCUT2D eigenvalue weighted by atomic mass is 9.97. The maximum atomic E-state index is 11.1. The van der Waals surface area contributed by atoms with E-state index in [1.165, 1.54) is 24.3 Å². The number of anilines is 1. The molecule has 1 aromatic carbocycles. The number of nitrogens with two attached hydrogens (primary N) is 1. The number of hydrogen-bond acceptors (Lipinski definition) is 14. The fraction of sp³-hybridized carbons (Fsp3) is 0.667. The third-order valence-corrected chi connectivity index (χ3v) is 5.76. The van der Waals surface area contributed by atoms with Crippen LogP contribution in [0.2, 0.25) is 0 Å². The third-order valence-electron chi connectivity index (χ3n) is 5.30. The molecular formula is C18H27NO14S. The predicted molar refractivity (Wildman–Crippen MR) is 108 cm³/mol.